The van der Waals surface area contributed by atoms with Crippen LogP contribution < -0.4 is 5.32 Å². The van der Waals surface area contributed by atoms with Crippen molar-refractivity contribution in [3.8, 4) is 0 Å². The number of hydrogen-bond acceptors (Lipinski definition) is 3. The Labute approximate surface area is 105 Å². The minimum Gasteiger partial charge on any atom is -0.389 e. The predicted octanol–water partition coefficient (Wildman–Crippen LogP) is 2.08. The fraction of sp³-hybridized carbons (Fsp3) is 1.00. The predicted molar refractivity (Wildman–Crippen MR) is 69.0 cm³/mol. The second-order valence-corrected chi connectivity index (χ2v) is 5.93. The third-order valence-electron chi connectivity index (χ3n) is 4.68. The van der Waals surface area contributed by atoms with E-state index < -0.39 is 5.60 Å². The highest BCUT2D eigenvalue weighted by Crippen LogP contribution is 2.33. The first-order valence-corrected chi connectivity index (χ1v) is 7.20. The van der Waals surface area contributed by atoms with E-state index in [4.69, 9.17) is 4.74 Å². The third-order valence-corrected chi connectivity index (χ3v) is 4.68. The molecule has 2 rings (SSSR count). The van der Waals surface area contributed by atoms with Crippen molar-refractivity contribution in [2.24, 2.45) is 5.92 Å². The topological polar surface area (TPSA) is 41.5 Å². The lowest BCUT2D eigenvalue weighted by Gasteiger charge is -2.37. The van der Waals surface area contributed by atoms with Crippen LogP contribution in [0, 0.1) is 5.92 Å². The summed E-state index contributed by atoms with van der Waals surface area (Å²) in [4.78, 5) is 0. The summed E-state index contributed by atoms with van der Waals surface area (Å²) in [6.45, 7) is 5.96. The molecule has 2 N–H and O–H groups in total. The van der Waals surface area contributed by atoms with Gasteiger partial charge in [0.05, 0.1) is 11.7 Å². The van der Waals surface area contributed by atoms with Gasteiger partial charge in [0.1, 0.15) is 0 Å². The third kappa shape index (κ3) is 3.43. The molecule has 0 radical (unpaired) electrons. The van der Waals surface area contributed by atoms with Gasteiger partial charge >= 0.3 is 0 Å². The van der Waals surface area contributed by atoms with Crippen molar-refractivity contribution >= 4 is 0 Å². The first-order valence-electron chi connectivity index (χ1n) is 7.20. The Morgan fingerprint density at radius 3 is 2.53 bits per heavy atom. The zero-order valence-electron chi connectivity index (χ0n) is 11.2. The lowest BCUT2D eigenvalue weighted by molar-refractivity contribution is -0.0124. The molecule has 0 aromatic heterocycles. The van der Waals surface area contributed by atoms with Gasteiger partial charge in [-0.1, -0.05) is 13.3 Å². The van der Waals surface area contributed by atoms with E-state index in [1.807, 2.05) is 0 Å². The largest absolute Gasteiger partial charge is 0.389 e. The SMILES string of the molecule is CCC1CCC(O)(CNC2CCOC2C)CC1. The van der Waals surface area contributed by atoms with Gasteiger partial charge in [-0.3, -0.25) is 0 Å². The molecule has 1 aliphatic carbocycles. The molecule has 1 saturated heterocycles. The average Bonchev–Trinajstić information content (AvgIpc) is 2.74. The Bertz CT molecular complexity index is 236. The van der Waals surface area contributed by atoms with Crippen LogP contribution >= 0.6 is 0 Å². The van der Waals surface area contributed by atoms with Crippen molar-refractivity contribution in [3.05, 3.63) is 0 Å². The highest BCUT2D eigenvalue weighted by molar-refractivity contribution is 4.90. The van der Waals surface area contributed by atoms with E-state index in [-0.39, 0.29) is 0 Å². The molecule has 0 aromatic rings. The Hall–Kier alpha value is -0.120. The van der Waals surface area contributed by atoms with Gasteiger partial charge in [0, 0.05) is 19.2 Å². The molecule has 0 aromatic carbocycles. The van der Waals surface area contributed by atoms with Gasteiger partial charge in [-0.25, -0.2) is 0 Å². The summed E-state index contributed by atoms with van der Waals surface area (Å²) in [5, 5.41) is 14.0. The Morgan fingerprint density at radius 2 is 2.00 bits per heavy atom. The summed E-state index contributed by atoms with van der Waals surface area (Å²) in [7, 11) is 0. The van der Waals surface area contributed by atoms with Crippen molar-refractivity contribution < 1.29 is 9.84 Å². The molecule has 3 heteroatoms. The van der Waals surface area contributed by atoms with E-state index in [0.717, 1.165) is 38.3 Å². The van der Waals surface area contributed by atoms with Crippen LogP contribution in [-0.4, -0.2) is 36.0 Å². The van der Waals surface area contributed by atoms with Gasteiger partial charge in [0.15, 0.2) is 0 Å². The summed E-state index contributed by atoms with van der Waals surface area (Å²) >= 11 is 0. The van der Waals surface area contributed by atoms with Crippen LogP contribution in [0.1, 0.15) is 52.4 Å². The number of hydrogen-bond donors (Lipinski definition) is 2. The maximum atomic E-state index is 10.5. The highest BCUT2D eigenvalue weighted by atomic mass is 16.5. The molecule has 17 heavy (non-hydrogen) atoms. The molecule has 1 heterocycles. The molecule has 100 valence electrons. The summed E-state index contributed by atoms with van der Waals surface area (Å²) in [5.41, 5.74) is -0.464. The molecule has 2 atom stereocenters. The van der Waals surface area contributed by atoms with Crippen LogP contribution in [0.5, 0.6) is 0 Å². The molecule has 3 nitrogen and oxygen atoms in total. The summed E-state index contributed by atoms with van der Waals surface area (Å²) in [6, 6.07) is 0.433. The van der Waals surface area contributed by atoms with Crippen molar-refractivity contribution in [3.63, 3.8) is 0 Å². The van der Waals surface area contributed by atoms with Crippen LogP contribution in [0.3, 0.4) is 0 Å². The van der Waals surface area contributed by atoms with Crippen molar-refractivity contribution in [2.75, 3.05) is 13.2 Å². The molecule has 2 unspecified atom stereocenters. The lowest BCUT2D eigenvalue weighted by atomic mass is 9.77. The highest BCUT2D eigenvalue weighted by Gasteiger charge is 2.34. The minimum absolute atomic E-state index is 0.297. The zero-order chi connectivity index (χ0) is 12.3. The maximum Gasteiger partial charge on any atom is 0.0771 e. The molecule has 0 amide bonds. The van der Waals surface area contributed by atoms with Crippen molar-refractivity contribution in [1.29, 1.82) is 0 Å². The first kappa shape index (κ1) is 13.3. The van der Waals surface area contributed by atoms with Crippen LogP contribution in [0.2, 0.25) is 0 Å². The molecule has 2 aliphatic rings. The van der Waals surface area contributed by atoms with Crippen LogP contribution in [0.25, 0.3) is 0 Å². The maximum absolute atomic E-state index is 10.5. The van der Waals surface area contributed by atoms with Gasteiger partial charge in [-0.15, -0.1) is 0 Å². The van der Waals surface area contributed by atoms with Gasteiger partial charge in [0.2, 0.25) is 0 Å². The van der Waals surface area contributed by atoms with Crippen LogP contribution in [0.4, 0.5) is 0 Å². The number of rotatable bonds is 4. The second-order valence-electron chi connectivity index (χ2n) is 5.93. The molecule has 2 fully saturated rings. The first-order chi connectivity index (χ1) is 8.13. The van der Waals surface area contributed by atoms with E-state index in [9.17, 15) is 5.11 Å². The van der Waals surface area contributed by atoms with E-state index >= 15 is 0 Å². The normalized spacial score (nSPS) is 42.9. The van der Waals surface area contributed by atoms with E-state index in [2.05, 4.69) is 19.2 Å². The number of aliphatic hydroxyl groups is 1. The van der Waals surface area contributed by atoms with Gasteiger partial charge < -0.3 is 15.2 Å². The van der Waals surface area contributed by atoms with E-state index in [1.54, 1.807) is 0 Å². The lowest BCUT2D eigenvalue weighted by Crippen LogP contribution is -2.48. The van der Waals surface area contributed by atoms with E-state index in [1.165, 1.54) is 19.3 Å². The Morgan fingerprint density at radius 1 is 1.29 bits per heavy atom. The zero-order valence-corrected chi connectivity index (χ0v) is 11.2. The molecule has 0 spiro atoms. The second kappa shape index (κ2) is 5.68. The van der Waals surface area contributed by atoms with Crippen molar-refractivity contribution in [2.45, 2.75) is 70.1 Å². The van der Waals surface area contributed by atoms with Gasteiger partial charge in [-0.2, -0.15) is 0 Å². The van der Waals surface area contributed by atoms with Gasteiger partial charge in [-0.05, 0) is 44.9 Å². The molecular weight excluding hydrogens is 214 g/mol. The smallest absolute Gasteiger partial charge is 0.0771 e. The van der Waals surface area contributed by atoms with Crippen molar-refractivity contribution in [1.82, 2.24) is 5.32 Å². The average molecular weight is 241 g/mol. The van der Waals surface area contributed by atoms with Gasteiger partial charge in [0.25, 0.3) is 0 Å². The summed E-state index contributed by atoms with van der Waals surface area (Å²) in [5.74, 6) is 0.837. The van der Waals surface area contributed by atoms with Crippen LogP contribution in [0.15, 0.2) is 0 Å². The van der Waals surface area contributed by atoms with E-state index in [0.29, 0.717) is 12.1 Å². The monoisotopic (exact) mass is 241 g/mol. The number of nitrogens with one attached hydrogen (secondary N) is 1. The Kier molecular flexibility index (Phi) is 4.45. The molecule has 1 aliphatic heterocycles. The molecule has 1 saturated carbocycles. The minimum atomic E-state index is -0.464. The Balaban J connectivity index is 1.74. The number of ether oxygens (including phenoxy) is 1. The van der Waals surface area contributed by atoms with Crippen LogP contribution in [-0.2, 0) is 4.74 Å². The molecular formula is C14H27NO2. The fourth-order valence-corrected chi connectivity index (χ4v) is 3.12. The quantitative estimate of drug-likeness (QED) is 0.792. The summed E-state index contributed by atoms with van der Waals surface area (Å²) in [6.07, 6.45) is 6.93. The molecule has 0 bridgehead atoms. The summed E-state index contributed by atoms with van der Waals surface area (Å²) < 4.78 is 5.53. The fourth-order valence-electron chi connectivity index (χ4n) is 3.12. The standard InChI is InChI=1S/C14H27NO2/c1-3-12-4-7-14(16,8-5-12)10-15-13-6-9-17-11(13)2/h11-13,15-16H,3-10H2,1-2H3.